The molecule has 9 nitrogen and oxygen atoms in total. The van der Waals surface area contributed by atoms with Crippen LogP contribution in [-0.4, -0.2) is 50.3 Å². The molecule has 3 fully saturated rings. The first kappa shape index (κ1) is 20.7. The van der Waals surface area contributed by atoms with Crippen LogP contribution in [0.2, 0.25) is 0 Å². The lowest BCUT2D eigenvalue weighted by Gasteiger charge is -2.28. The average molecular weight is 452 g/mol. The zero-order valence-electron chi connectivity index (χ0n) is 18.8. The molecule has 2 aromatic rings. The van der Waals surface area contributed by atoms with Crippen molar-refractivity contribution in [3.8, 4) is 0 Å². The second kappa shape index (κ2) is 8.14. The van der Waals surface area contributed by atoms with Crippen molar-refractivity contribution in [2.45, 2.75) is 69.2 Å². The van der Waals surface area contributed by atoms with Crippen molar-refractivity contribution in [1.29, 1.82) is 0 Å². The van der Waals surface area contributed by atoms with E-state index in [9.17, 15) is 9.59 Å². The van der Waals surface area contributed by atoms with Crippen LogP contribution in [0.25, 0.3) is 0 Å². The van der Waals surface area contributed by atoms with Crippen LogP contribution >= 0.6 is 0 Å². The molecule has 2 aliphatic carbocycles. The monoisotopic (exact) mass is 451 g/mol. The Morgan fingerprint density at radius 3 is 2.79 bits per heavy atom. The van der Waals surface area contributed by atoms with E-state index in [4.69, 9.17) is 9.68 Å². The summed E-state index contributed by atoms with van der Waals surface area (Å²) in [6, 6.07) is 8.91. The summed E-state index contributed by atoms with van der Waals surface area (Å²) in [6.45, 7) is 1.06. The van der Waals surface area contributed by atoms with Crippen LogP contribution in [-0.2, 0) is 34.7 Å². The van der Waals surface area contributed by atoms with Crippen molar-refractivity contribution >= 4 is 11.9 Å². The van der Waals surface area contributed by atoms with Gasteiger partial charge in [-0.25, -0.2) is 10.3 Å². The molecule has 33 heavy (non-hydrogen) atoms. The van der Waals surface area contributed by atoms with Gasteiger partial charge in [-0.2, -0.15) is 10.2 Å². The molecule has 4 aliphatic rings. The molecule has 1 aromatic heterocycles. The Kier molecular flexibility index (Phi) is 5.10. The molecular weight excluding hydrogens is 422 g/mol. The number of piperidine rings is 1. The summed E-state index contributed by atoms with van der Waals surface area (Å²) in [5.41, 5.74) is 7.16. The molecule has 4 atom stereocenters. The van der Waals surface area contributed by atoms with Crippen LogP contribution in [0.15, 0.2) is 30.3 Å². The Bertz CT molecular complexity index is 1070. The van der Waals surface area contributed by atoms with E-state index in [0.717, 1.165) is 11.3 Å². The highest BCUT2D eigenvalue weighted by molar-refractivity contribution is 5.88. The molecule has 0 radical (unpaired) electrons. The lowest BCUT2D eigenvalue weighted by atomic mass is 9.96. The molecule has 2 unspecified atom stereocenters. The third-order valence-corrected chi connectivity index (χ3v) is 7.65. The molecule has 174 valence electrons. The predicted molar refractivity (Wildman–Crippen MR) is 117 cm³/mol. The van der Waals surface area contributed by atoms with Gasteiger partial charge in [0.05, 0.1) is 11.7 Å². The number of hydroxylamine groups is 3. The Morgan fingerprint density at radius 1 is 1.12 bits per heavy atom. The maximum absolute atomic E-state index is 12.9. The van der Waals surface area contributed by atoms with E-state index in [1.807, 2.05) is 42.1 Å². The molecule has 6 rings (SSSR count). The number of carbonyl (C=O) groups is 2. The van der Waals surface area contributed by atoms with E-state index in [0.29, 0.717) is 37.8 Å². The summed E-state index contributed by atoms with van der Waals surface area (Å²) in [5.74, 6) is 0.905. The maximum atomic E-state index is 12.9. The van der Waals surface area contributed by atoms with E-state index in [2.05, 4.69) is 10.6 Å². The topological polar surface area (TPSA) is 88.9 Å². The van der Waals surface area contributed by atoms with Crippen molar-refractivity contribution in [3.05, 3.63) is 52.8 Å². The van der Waals surface area contributed by atoms with Gasteiger partial charge in [-0.3, -0.25) is 19.2 Å². The second-order valence-corrected chi connectivity index (χ2v) is 9.60. The van der Waals surface area contributed by atoms with Gasteiger partial charge in [0.25, 0.3) is 5.91 Å². The van der Waals surface area contributed by atoms with Crippen LogP contribution in [0.1, 0.15) is 66.5 Å². The van der Waals surface area contributed by atoms with Crippen molar-refractivity contribution in [2.75, 3.05) is 6.54 Å². The fraction of sp³-hybridized carbons (Fsp3) is 0.542. The lowest BCUT2D eigenvalue weighted by Crippen LogP contribution is -2.49. The number of hydrogen-bond acceptors (Lipinski definition) is 5. The number of hydrogen-bond donors (Lipinski definition) is 1. The van der Waals surface area contributed by atoms with Gasteiger partial charge in [-0.15, -0.1) is 0 Å². The van der Waals surface area contributed by atoms with Crippen LogP contribution in [0, 0.1) is 0 Å². The number of carbonyl (C=O) groups excluding carboxylic acids is 2. The zero-order chi connectivity index (χ0) is 22.5. The summed E-state index contributed by atoms with van der Waals surface area (Å²) in [6.07, 6.45) is 4.97. The molecule has 2 saturated heterocycles. The molecule has 1 saturated carbocycles. The van der Waals surface area contributed by atoms with Crippen molar-refractivity contribution in [3.63, 3.8) is 0 Å². The fourth-order valence-corrected chi connectivity index (χ4v) is 6.17. The normalized spacial score (nSPS) is 27.4. The van der Waals surface area contributed by atoms with Gasteiger partial charge in [0.1, 0.15) is 19.3 Å². The summed E-state index contributed by atoms with van der Waals surface area (Å²) in [5, 5.41) is 6.08. The molecule has 9 heteroatoms. The Morgan fingerprint density at radius 2 is 1.94 bits per heavy atom. The maximum Gasteiger partial charge on any atom is 0.345 e. The average Bonchev–Trinajstić information content (AvgIpc) is 3.58. The molecule has 0 spiro atoms. The first-order valence-electron chi connectivity index (χ1n) is 11.8. The number of urea groups is 1. The zero-order valence-corrected chi connectivity index (χ0v) is 18.8. The molecule has 2 aliphatic heterocycles. The lowest BCUT2D eigenvalue weighted by molar-refractivity contribution is -0.141. The highest BCUT2D eigenvalue weighted by Gasteiger charge is 2.48. The molecule has 3 amide bonds. The van der Waals surface area contributed by atoms with Crippen molar-refractivity contribution in [2.24, 2.45) is 7.05 Å². The van der Waals surface area contributed by atoms with Gasteiger partial charge in [-0.05, 0) is 43.6 Å². The van der Waals surface area contributed by atoms with Gasteiger partial charge in [-0.1, -0.05) is 30.3 Å². The van der Waals surface area contributed by atoms with Gasteiger partial charge >= 0.3 is 6.03 Å². The first-order chi connectivity index (χ1) is 16.1. The van der Waals surface area contributed by atoms with Gasteiger partial charge < -0.3 is 4.90 Å². The number of aryl methyl sites for hydroxylation is 1. The number of rotatable bonds is 7. The van der Waals surface area contributed by atoms with E-state index in [-0.39, 0.29) is 24.6 Å². The Hall–Kier alpha value is -2.91. The molecule has 4 bridgehead atoms. The number of fused-ring (bicyclic) bond motifs is 7. The highest BCUT2D eigenvalue weighted by atomic mass is 16.7. The molecule has 1 aromatic carbocycles. The minimum absolute atomic E-state index is 0.0299. The van der Waals surface area contributed by atoms with Gasteiger partial charge in [0.2, 0.25) is 0 Å². The highest BCUT2D eigenvalue weighted by Crippen LogP contribution is 2.54. The van der Waals surface area contributed by atoms with E-state index >= 15 is 0 Å². The standard InChI is InChI=1S/C24H29N5O4/c1-27-22-17-8-7-16(11-17)21(22)19(25-27)14-32-26-23(30)20-10-9-18-12-28(20)24(31)29(18)33-13-15-5-3-2-4-6-15/h2-6,16-18,20H,7-14H2,1H3,(H,26,30)/t16?,17?,18-,20+/m1/s1. The summed E-state index contributed by atoms with van der Waals surface area (Å²) >= 11 is 0. The summed E-state index contributed by atoms with van der Waals surface area (Å²) in [4.78, 5) is 38.8. The van der Waals surface area contributed by atoms with Crippen LogP contribution in [0.5, 0.6) is 0 Å². The Labute approximate surface area is 192 Å². The fourth-order valence-electron chi connectivity index (χ4n) is 6.17. The van der Waals surface area contributed by atoms with Crippen LogP contribution < -0.4 is 5.48 Å². The number of aromatic nitrogens is 2. The first-order valence-corrected chi connectivity index (χ1v) is 11.8. The molecular formula is C24H29N5O4. The van der Waals surface area contributed by atoms with Crippen LogP contribution in [0.4, 0.5) is 4.79 Å². The van der Waals surface area contributed by atoms with E-state index in [1.165, 1.54) is 35.6 Å². The number of benzene rings is 1. The number of amides is 3. The van der Waals surface area contributed by atoms with Gasteiger partial charge in [0, 0.05) is 30.8 Å². The van der Waals surface area contributed by atoms with Crippen LogP contribution in [0.3, 0.4) is 0 Å². The minimum atomic E-state index is -0.551. The smallest absolute Gasteiger partial charge is 0.309 e. The predicted octanol–water partition coefficient (Wildman–Crippen LogP) is 2.73. The summed E-state index contributed by atoms with van der Waals surface area (Å²) < 4.78 is 1.98. The Balaban J connectivity index is 1.04. The van der Waals surface area contributed by atoms with E-state index in [1.54, 1.807) is 4.90 Å². The number of nitrogens with one attached hydrogen (secondary N) is 1. The third kappa shape index (κ3) is 3.50. The minimum Gasteiger partial charge on any atom is -0.309 e. The van der Waals surface area contributed by atoms with Crippen molar-refractivity contribution in [1.82, 2.24) is 25.2 Å². The van der Waals surface area contributed by atoms with E-state index < -0.39 is 6.04 Å². The molecule has 1 N–H and O–H groups in total. The number of nitrogens with zero attached hydrogens (tertiary/aromatic N) is 4. The second-order valence-electron chi connectivity index (χ2n) is 9.60. The largest absolute Gasteiger partial charge is 0.345 e. The van der Waals surface area contributed by atoms with Gasteiger partial charge in [0.15, 0.2) is 0 Å². The summed E-state index contributed by atoms with van der Waals surface area (Å²) in [7, 11) is 1.99. The SMILES string of the molecule is Cn1nc(CONC(=O)[C@@H]2CC[C@@H]3CN2C(=O)N3OCc2ccccc2)c2c1C1CCC2C1. The third-order valence-electron chi connectivity index (χ3n) is 7.65. The molecule has 3 heterocycles. The van der Waals surface area contributed by atoms with Crippen molar-refractivity contribution < 1.29 is 19.3 Å². The quantitative estimate of drug-likeness (QED) is 0.654.